The first-order valence-electron chi connectivity index (χ1n) is 13.9. The summed E-state index contributed by atoms with van der Waals surface area (Å²) in [5.74, 6) is -2.10. The summed E-state index contributed by atoms with van der Waals surface area (Å²) >= 11 is 0. The van der Waals surface area contributed by atoms with E-state index in [0.29, 0.717) is 18.5 Å². The molecule has 0 aromatic heterocycles. The Kier molecular flexibility index (Phi) is 10.6. The molecule has 0 aliphatic rings. The predicted octanol–water partition coefficient (Wildman–Crippen LogP) is 5.33. The van der Waals surface area contributed by atoms with Gasteiger partial charge in [-0.25, -0.2) is 17.2 Å². The molecule has 0 saturated heterocycles. The van der Waals surface area contributed by atoms with Crippen LogP contribution in [0.25, 0.3) is 0 Å². The van der Waals surface area contributed by atoms with E-state index in [9.17, 15) is 26.8 Å². The maximum Gasteiger partial charge on any atom is 0.264 e. The fourth-order valence-corrected chi connectivity index (χ4v) is 6.00. The number of anilines is 1. The molecule has 4 aromatic carbocycles. The third-order valence-corrected chi connectivity index (χ3v) is 8.60. The maximum absolute atomic E-state index is 14.2. The van der Waals surface area contributed by atoms with Gasteiger partial charge in [-0.05, 0) is 66.1 Å². The lowest BCUT2D eigenvalue weighted by Crippen LogP contribution is -2.53. The second kappa shape index (κ2) is 14.6. The van der Waals surface area contributed by atoms with Crippen LogP contribution in [0.4, 0.5) is 14.5 Å². The number of halogens is 2. The van der Waals surface area contributed by atoms with E-state index in [1.807, 2.05) is 37.3 Å². The fraction of sp³-hybridized carbons (Fsp3) is 0.212. The number of carbonyl (C=O) groups excluding carboxylic acids is 2. The molecule has 0 aliphatic heterocycles. The van der Waals surface area contributed by atoms with Crippen molar-refractivity contribution < 1.29 is 26.8 Å². The van der Waals surface area contributed by atoms with Gasteiger partial charge in [0, 0.05) is 19.5 Å². The third-order valence-electron chi connectivity index (χ3n) is 6.81. The van der Waals surface area contributed by atoms with Gasteiger partial charge in [-0.2, -0.15) is 0 Å². The highest BCUT2D eigenvalue weighted by molar-refractivity contribution is 7.92. The van der Waals surface area contributed by atoms with Crippen molar-refractivity contribution in [3.05, 3.63) is 132 Å². The minimum absolute atomic E-state index is 0.0567. The van der Waals surface area contributed by atoms with Crippen LogP contribution in [0.1, 0.15) is 24.5 Å². The number of nitrogens with zero attached hydrogens (tertiary/aromatic N) is 2. The topological polar surface area (TPSA) is 86.8 Å². The summed E-state index contributed by atoms with van der Waals surface area (Å²) in [7, 11) is -4.28. The Morgan fingerprint density at radius 2 is 1.33 bits per heavy atom. The molecule has 0 aliphatic carbocycles. The van der Waals surface area contributed by atoms with Gasteiger partial charge in [0.05, 0.1) is 10.6 Å². The number of benzene rings is 4. The molecule has 7 nitrogen and oxygen atoms in total. The van der Waals surface area contributed by atoms with Crippen LogP contribution >= 0.6 is 0 Å². The Morgan fingerprint density at radius 3 is 1.91 bits per heavy atom. The van der Waals surface area contributed by atoms with E-state index in [1.165, 1.54) is 53.4 Å². The van der Waals surface area contributed by atoms with Gasteiger partial charge < -0.3 is 10.2 Å². The van der Waals surface area contributed by atoms with Crippen LogP contribution < -0.4 is 9.62 Å². The Balaban J connectivity index is 1.78. The average molecular weight is 606 g/mol. The van der Waals surface area contributed by atoms with Crippen LogP contribution in [0.15, 0.2) is 114 Å². The van der Waals surface area contributed by atoms with Crippen LogP contribution in [-0.4, -0.2) is 44.3 Å². The highest BCUT2D eigenvalue weighted by Crippen LogP contribution is 2.25. The molecular weight excluding hydrogens is 572 g/mol. The molecule has 0 bridgehead atoms. The molecule has 0 saturated carbocycles. The SMILES string of the molecule is CCCNC(=O)[C@@H](Cc1ccccc1)N(Cc1ccc(F)cc1)C(=O)CN(c1ccc(F)cc1)S(=O)(=O)c1ccccc1. The molecule has 0 spiro atoms. The van der Waals surface area contributed by atoms with E-state index in [4.69, 9.17) is 0 Å². The van der Waals surface area contributed by atoms with E-state index in [0.717, 1.165) is 22.0 Å². The summed E-state index contributed by atoms with van der Waals surface area (Å²) in [6.07, 6.45) is 0.828. The smallest absolute Gasteiger partial charge is 0.264 e. The first-order chi connectivity index (χ1) is 20.7. The van der Waals surface area contributed by atoms with Crippen molar-refractivity contribution in [2.45, 2.75) is 37.2 Å². The number of amides is 2. The fourth-order valence-electron chi connectivity index (χ4n) is 4.56. The Morgan fingerprint density at radius 1 is 0.767 bits per heavy atom. The van der Waals surface area contributed by atoms with E-state index < -0.39 is 46.1 Å². The van der Waals surface area contributed by atoms with Crippen molar-refractivity contribution in [3.63, 3.8) is 0 Å². The van der Waals surface area contributed by atoms with Crippen LogP contribution in [0.2, 0.25) is 0 Å². The van der Waals surface area contributed by atoms with E-state index in [2.05, 4.69) is 5.32 Å². The van der Waals surface area contributed by atoms with Gasteiger partial charge in [0.1, 0.15) is 24.2 Å². The summed E-state index contributed by atoms with van der Waals surface area (Å²) < 4.78 is 56.2. The van der Waals surface area contributed by atoms with E-state index >= 15 is 0 Å². The lowest BCUT2D eigenvalue weighted by Gasteiger charge is -2.34. The second-order valence-electron chi connectivity index (χ2n) is 9.95. The third kappa shape index (κ3) is 8.26. The van der Waals surface area contributed by atoms with Gasteiger partial charge in [0.15, 0.2) is 0 Å². The van der Waals surface area contributed by atoms with Crippen LogP contribution in [0, 0.1) is 11.6 Å². The molecule has 43 heavy (non-hydrogen) atoms. The summed E-state index contributed by atoms with van der Waals surface area (Å²) in [6, 6.07) is 26.1. The van der Waals surface area contributed by atoms with Crippen LogP contribution in [0.3, 0.4) is 0 Å². The molecule has 224 valence electrons. The van der Waals surface area contributed by atoms with Crippen molar-refractivity contribution in [2.75, 3.05) is 17.4 Å². The molecule has 0 fully saturated rings. The zero-order chi connectivity index (χ0) is 30.8. The zero-order valence-electron chi connectivity index (χ0n) is 23.7. The standard InChI is InChI=1S/C33H33F2N3O4S/c1-2-21-36-33(40)31(22-25-9-5-3-6-10-25)37(23-26-13-15-27(34)16-14-26)32(39)24-38(29-19-17-28(35)18-20-29)43(41,42)30-11-7-4-8-12-30/h3-20,31H,2,21-24H2,1H3,(H,36,40)/t31-/m1/s1. The largest absolute Gasteiger partial charge is 0.354 e. The van der Waals surface area contributed by atoms with Crippen molar-refractivity contribution in [2.24, 2.45) is 0 Å². The highest BCUT2D eigenvalue weighted by Gasteiger charge is 2.34. The number of hydrogen-bond acceptors (Lipinski definition) is 4. The summed E-state index contributed by atoms with van der Waals surface area (Å²) in [4.78, 5) is 29.1. The highest BCUT2D eigenvalue weighted by atomic mass is 32.2. The number of hydrogen-bond donors (Lipinski definition) is 1. The number of carbonyl (C=O) groups is 2. The van der Waals surface area contributed by atoms with Crippen molar-refractivity contribution in [1.29, 1.82) is 0 Å². The van der Waals surface area contributed by atoms with Crippen LogP contribution in [-0.2, 0) is 32.6 Å². The molecule has 10 heteroatoms. The molecule has 4 aromatic rings. The second-order valence-corrected chi connectivity index (χ2v) is 11.8. The normalized spacial score (nSPS) is 11.9. The molecule has 2 amide bonds. The lowest BCUT2D eigenvalue weighted by molar-refractivity contribution is -0.140. The number of rotatable bonds is 13. The minimum atomic E-state index is -4.28. The van der Waals surface area contributed by atoms with Gasteiger partial charge in [-0.3, -0.25) is 13.9 Å². The van der Waals surface area contributed by atoms with Crippen LogP contribution in [0.5, 0.6) is 0 Å². The number of sulfonamides is 1. The quantitative estimate of drug-likeness (QED) is 0.223. The first kappa shape index (κ1) is 31.4. The maximum atomic E-state index is 14.2. The van der Waals surface area contributed by atoms with Crippen molar-refractivity contribution in [1.82, 2.24) is 10.2 Å². The summed E-state index contributed by atoms with van der Waals surface area (Å²) in [5, 5.41) is 2.86. The Bertz CT molecular complexity index is 1600. The molecular formula is C33H33F2N3O4S. The summed E-state index contributed by atoms with van der Waals surface area (Å²) in [5.41, 5.74) is 1.43. The van der Waals surface area contributed by atoms with Gasteiger partial charge in [0.25, 0.3) is 10.0 Å². The molecule has 1 N–H and O–H groups in total. The Hall–Kier alpha value is -4.57. The van der Waals surface area contributed by atoms with Gasteiger partial charge >= 0.3 is 0 Å². The van der Waals surface area contributed by atoms with E-state index in [-0.39, 0.29) is 23.5 Å². The average Bonchev–Trinajstić information content (AvgIpc) is 3.02. The Labute approximate surface area is 250 Å². The molecule has 0 radical (unpaired) electrons. The monoisotopic (exact) mass is 605 g/mol. The molecule has 4 rings (SSSR count). The van der Waals surface area contributed by atoms with Crippen molar-refractivity contribution >= 4 is 27.5 Å². The summed E-state index contributed by atoms with van der Waals surface area (Å²) in [6.45, 7) is 1.53. The molecule has 0 heterocycles. The number of nitrogens with one attached hydrogen (secondary N) is 1. The predicted molar refractivity (Wildman–Crippen MR) is 162 cm³/mol. The van der Waals surface area contributed by atoms with Gasteiger partial charge in [0.2, 0.25) is 11.8 Å². The van der Waals surface area contributed by atoms with Gasteiger partial charge in [-0.1, -0.05) is 67.6 Å². The molecule has 0 unspecified atom stereocenters. The minimum Gasteiger partial charge on any atom is -0.354 e. The van der Waals surface area contributed by atoms with E-state index in [1.54, 1.807) is 18.2 Å². The van der Waals surface area contributed by atoms with Crippen molar-refractivity contribution in [3.8, 4) is 0 Å². The zero-order valence-corrected chi connectivity index (χ0v) is 24.5. The molecule has 1 atom stereocenters. The first-order valence-corrected chi connectivity index (χ1v) is 15.3. The lowest BCUT2D eigenvalue weighted by atomic mass is 10.0. The van der Waals surface area contributed by atoms with Gasteiger partial charge in [-0.15, -0.1) is 0 Å².